The quantitative estimate of drug-likeness (QED) is 0.446. The molecule has 0 bridgehead atoms. The smallest absolute Gasteiger partial charge is 0.318 e. The lowest BCUT2D eigenvalue weighted by atomic mass is 10.1. The highest BCUT2D eigenvalue weighted by molar-refractivity contribution is 6.30. The minimum atomic E-state index is -0.341. The molecule has 0 fully saturated rings. The Labute approximate surface area is 133 Å². The summed E-state index contributed by atoms with van der Waals surface area (Å²) in [7, 11) is 0. The lowest BCUT2D eigenvalue weighted by molar-refractivity contribution is -0.143. The van der Waals surface area contributed by atoms with Gasteiger partial charge in [-0.25, -0.2) is 14.5 Å². The summed E-state index contributed by atoms with van der Waals surface area (Å²) < 4.78 is 1.60. The van der Waals surface area contributed by atoms with E-state index in [-0.39, 0.29) is 5.97 Å². The highest BCUT2D eigenvalue weighted by Crippen LogP contribution is 2.12. The van der Waals surface area contributed by atoms with Crippen LogP contribution in [0.5, 0.6) is 0 Å². The molecular formula is C15H17ClN4O2. The van der Waals surface area contributed by atoms with E-state index in [1.165, 1.54) is 6.33 Å². The highest BCUT2D eigenvalue weighted by atomic mass is 35.5. The molecule has 1 aromatic carbocycles. The van der Waals surface area contributed by atoms with Crippen LogP contribution >= 0.6 is 11.6 Å². The van der Waals surface area contributed by atoms with Gasteiger partial charge in [0.05, 0.1) is 6.54 Å². The first-order chi connectivity index (χ1) is 10.7. The van der Waals surface area contributed by atoms with E-state index < -0.39 is 0 Å². The van der Waals surface area contributed by atoms with Gasteiger partial charge in [-0.2, -0.15) is 5.10 Å². The summed E-state index contributed by atoms with van der Waals surface area (Å²) in [5, 5.41) is 8.65. The Morgan fingerprint density at radius 2 is 2.14 bits per heavy atom. The molecule has 0 atom stereocenters. The van der Waals surface area contributed by atoms with Crippen molar-refractivity contribution in [3.63, 3.8) is 0 Å². The van der Waals surface area contributed by atoms with Gasteiger partial charge < -0.3 is 4.84 Å². The molecule has 0 N–H and O–H groups in total. The van der Waals surface area contributed by atoms with Crippen molar-refractivity contribution in [3.8, 4) is 0 Å². The molecule has 0 aliphatic carbocycles. The van der Waals surface area contributed by atoms with Gasteiger partial charge >= 0.3 is 5.97 Å². The first-order valence-corrected chi connectivity index (χ1v) is 7.42. The Hall–Kier alpha value is -2.21. The molecule has 0 aliphatic rings. The van der Waals surface area contributed by atoms with Crippen LogP contribution in [-0.4, -0.2) is 26.4 Å². The summed E-state index contributed by atoms with van der Waals surface area (Å²) >= 11 is 5.89. The summed E-state index contributed by atoms with van der Waals surface area (Å²) in [6.07, 6.45) is 5.09. The fraction of sp³-hybridized carbons (Fsp3) is 0.333. The van der Waals surface area contributed by atoms with Crippen LogP contribution in [0.1, 0.15) is 31.7 Å². The molecule has 2 aromatic rings. The van der Waals surface area contributed by atoms with Crippen LogP contribution in [0.2, 0.25) is 5.02 Å². The molecule has 0 saturated carbocycles. The van der Waals surface area contributed by atoms with Crippen molar-refractivity contribution in [2.75, 3.05) is 0 Å². The Morgan fingerprint density at radius 1 is 1.36 bits per heavy atom. The number of carbonyl (C=O) groups is 1. The molecule has 6 nitrogen and oxygen atoms in total. The molecule has 0 aliphatic heterocycles. The number of aromatic nitrogens is 3. The standard InChI is InChI=1S/C15H17ClN4O2/c1-2-3-4-15(21)22-19-14(9-20-11-17-10-18-20)12-5-7-13(16)8-6-12/h5-8,10-11H,2-4,9H2,1H3. The number of nitrogens with zero attached hydrogens (tertiary/aromatic N) is 4. The molecule has 1 heterocycles. The molecule has 0 saturated heterocycles. The summed E-state index contributed by atoms with van der Waals surface area (Å²) in [6.45, 7) is 2.36. The first kappa shape index (κ1) is 16.2. The van der Waals surface area contributed by atoms with E-state index in [2.05, 4.69) is 15.2 Å². The Balaban J connectivity index is 2.13. The van der Waals surface area contributed by atoms with Gasteiger partial charge in [0.25, 0.3) is 0 Å². The zero-order chi connectivity index (χ0) is 15.8. The molecule has 0 spiro atoms. The zero-order valence-corrected chi connectivity index (χ0v) is 13.0. The van der Waals surface area contributed by atoms with E-state index >= 15 is 0 Å². The van der Waals surface area contributed by atoms with Gasteiger partial charge in [0.15, 0.2) is 0 Å². The topological polar surface area (TPSA) is 69.4 Å². The molecule has 1 aromatic heterocycles. The van der Waals surface area contributed by atoms with Crippen molar-refractivity contribution in [1.29, 1.82) is 0 Å². The maximum absolute atomic E-state index is 11.6. The third kappa shape index (κ3) is 4.96. The number of carbonyl (C=O) groups excluding carboxylic acids is 1. The van der Waals surface area contributed by atoms with E-state index in [1.807, 2.05) is 19.1 Å². The van der Waals surface area contributed by atoms with E-state index in [0.29, 0.717) is 23.7 Å². The second-order valence-electron chi connectivity index (χ2n) is 4.70. The average molecular weight is 321 g/mol. The van der Waals surface area contributed by atoms with E-state index in [9.17, 15) is 4.79 Å². The van der Waals surface area contributed by atoms with Crippen LogP contribution in [0, 0.1) is 0 Å². The summed E-state index contributed by atoms with van der Waals surface area (Å²) in [5.74, 6) is -0.341. The van der Waals surface area contributed by atoms with Gasteiger partial charge in [0.2, 0.25) is 0 Å². The Bertz CT molecular complexity index is 624. The van der Waals surface area contributed by atoms with E-state index in [1.54, 1.807) is 23.1 Å². The monoisotopic (exact) mass is 320 g/mol. The van der Waals surface area contributed by atoms with Crippen molar-refractivity contribution in [2.24, 2.45) is 5.16 Å². The molecule has 0 amide bonds. The molecule has 22 heavy (non-hydrogen) atoms. The minimum absolute atomic E-state index is 0.341. The second kappa shape index (κ2) is 8.29. The number of unbranched alkanes of at least 4 members (excludes halogenated alkanes) is 1. The minimum Gasteiger partial charge on any atom is -0.318 e. The average Bonchev–Trinajstić information content (AvgIpc) is 3.03. The van der Waals surface area contributed by atoms with Crippen LogP contribution in [-0.2, 0) is 16.2 Å². The lowest BCUT2D eigenvalue weighted by Crippen LogP contribution is -2.14. The van der Waals surface area contributed by atoms with E-state index in [4.69, 9.17) is 16.4 Å². The van der Waals surface area contributed by atoms with Gasteiger partial charge in [0.1, 0.15) is 18.4 Å². The number of hydrogen-bond acceptors (Lipinski definition) is 5. The van der Waals surface area contributed by atoms with Crippen molar-refractivity contribution >= 4 is 23.3 Å². The fourth-order valence-electron chi connectivity index (χ4n) is 1.76. The van der Waals surface area contributed by atoms with E-state index in [0.717, 1.165) is 18.4 Å². The van der Waals surface area contributed by atoms with Crippen LogP contribution in [0.4, 0.5) is 0 Å². The van der Waals surface area contributed by atoms with Gasteiger partial charge in [0, 0.05) is 17.0 Å². The zero-order valence-electron chi connectivity index (χ0n) is 12.3. The third-order valence-electron chi connectivity index (χ3n) is 2.95. The third-order valence-corrected chi connectivity index (χ3v) is 3.20. The number of rotatable bonds is 7. The van der Waals surface area contributed by atoms with Crippen LogP contribution in [0.3, 0.4) is 0 Å². The van der Waals surface area contributed by atoms with Crippen molar-refractivity contribution in [2.45, 2.75) is 32.7 Å². The Kier molecular flexibility index (Phi) is 6.09. The molecule has 7 heteroatoms. The molecule has 0 unspecified atom stereocenters. The first-order valence-electron chi connectivity index (χ1n) is 7.04. The van der Waals surface area contributed by atoms with Crippen molar-refractivity contribution < 1.29 is 9.63 Å². The number of oxime groups is 1. The maximum Gasteiger partial charge on any atom is 0.335 e. The predicted octanol–water partition coefficient (Wildman–Crippen LogP) is 3.07. The van der Waals surface area contributed by atoms with Crippen LogP contribution in [0.25, 0.3) is 0 Å². The second-order valence-corrected chi connectivity index (χ2v) is 5.14. The van der Waals surface area contributed by atoms with Gasteiger partial charge in [-0.15, -0.1) is 0 Å². The SMILES string of the molecule is CCCCC(=O)ON=C(Cn1cncn1)c1ccc(Cl)cc1. The molecule has 2 rings (SSSR count). The highest BCUT2D eigenvalue weighted by Gasteiger charge is 2.09. The van der Waals surface area contributed by atoms with Crippen molar-refractivity contribution in [1.82, 2.24) is 14.8 Å². The molecule has 0 radical (unpaired) electrons. The van der Waals surface area contributed by atoms with Gasteiger partial charge in [-0.3, -0.25) is 0 Å². The maximum atomic E-state index is 11.6. The fourth-order valence-corrected chi connectivity index (χ4v) is 1.88. The Morgan fingerprint density at radius 3 is 2.77 bits per heavy atom. The summed E-state index contributed by atoms with van der Waals surface area (Å²) in [4.78, 5) is 20.5. The number of hydrogen-bond donors (Lipinski definition) is 0. The van der Waals surface area contributed by atoms with Crippen LogP contribution < -0.4 is 0 Å². The summed E-state index contributed by atoms with van der Waals surface area (Å²) in [6, 6.07) is 7.15. The molecule has 116 valence electrons. The largest absolute Gasteiger partial charge is 0.335 e. The lowest BCUT2D eigenvalue weighted by Gasteiger charge is -2.06. The number of benzene rings is 1. The van der Waals surface area contributed by atoms with Gasteiger partial charge in [-0.05, 0) is 18.6 Å². The molecular weight excluding hydrogens is 304 g/mol. The predicted molar refractivity (Wildman–Crippen MR) is 83.6 cm³/mol. The normalized spacial score (nSPS) is 11.5. The van der Waals surface area contributed by atoms with Crippen molar-refractivity contribution in [3.05, 3.63) is 47.5 Å². The summed E-state index contributed by atoms with van der Waals surface area (Å²) in [5.41, 5.74) is 1.38. The van der Waals surface area contributed by atoms with Crippen LogP contribution in [0.15, 0.2) is 42.1 Å². The van der Waals surface area contributed by atoms with Gasteiger partial charge in [-0.1, -0.05) is 42.2 Å². The number of halogens is 1.